The average molecular weight is 641 g/mol. The molecule has 1 aliphatic rings. The van der Waals surface area contributed by atoms with Gasteiger partial charge in [0.05, 0.1) is 35.7 Å². The van der Waals surface area contributed by atoms with Crippen molar-refractivity contribution < 1.29 is 38.9 Å². The number of carbonyl (C=O) groups excluding carboxylic acids is 1. The Hall–Kier alpha value is -4.46. The number of rotatable bonds is 17. The van der Waals surface area contributed by atoms with E-state index < -0.39 is 28.9 Å². The van der Waals surface area contributed by atoms with E-state index in [1.165, 1.54) is 18.2 Å². The lowest BCUT2D eigenvalue weighted by Crippen LogP contribution is -2.46. The number of benzene rings is 2. The van der Waals surface area contributed by atoms with Crippen LogP contribution in [-0.2, 0) is 14.3 Å². The number of esters is 1. The van der Waals surface area contributed by atoms with Gasteiger partial charge in [-0.15, -0.1) is 0 Å². The number of ether oxygens (including phenoxy) is 3. The molecule has 0 saturated carbocycles. The molecule has 0 fully saturated rings. The quantitative estimate of drug-likeness (QED) is 0.113. The molecule has 250 valence electrons. The van der Waals surface area contributed by atoms with Crippen molar-refractivity contribution in [2.24, 2.45) is 0 Å². The topological polar surface area (TPSA) is 173 Å². The lowest BCUT2D eigenvalue weighted by molar-refractivity contribution is -0.384. The Kier molecular flexibility index (Phi) is 12.7. The van der Waals surface area contributed by atoms with Crippen LogP contribution in [0, 0.1) is 10.1 Å². The Morgan fingerprint density at radius 1 is 1.15 bits per heavy atom. The van der Waals surface area contributed by atoms with Crippen LogP contribution in [-0.4, -0.2) is 90.6 Å². The Labute approximate surface area is 269 Å². The number of allylic oxidation sites excluding steroid dienone is 1. The fraction of sp³-hybridized carbons (Fsp3) is 0.455. The number of nitro benzene ring substituents is 1. The molecule has 1 aliphatic heterocycles. The van der Waals surface area contributed by atoms with Gasteiger partial charge in [0.25, 0.3) is 5.69 Å². The maximum absolute atomic E-state index is 13.4. The number of hydrogen-bond donors (Lipinski definition) is 4. The molecule has 2 aromatic carbocycles. The number of carboxylic acid groups (broad SMARTS) is 1. The summed E-state index contributed by atoms with van der Waals surface area (Å²) in [6.07, 6.45) is -0.107. The van der Waals surface area contributed by atoms with Gasteiger partial charge in [0.15, 0.2) is 11.5 Å². The molecule has 3 rings (SSSR count). The molecule has 13 heteroatoms. The second-order valence-corrected chi connectivity index (χ2v) is 11.7. The molecule has 0 spiro atoms. The normalized spacial score (nSPS) is 15.8. The van der Waals surface area contributed by atoms with Crippen LogP contribution in [0.3, 0.4) is 0 Å². The summed E-state index contributed by atoms with van der Waals surface area (Å²) in [6.45, 7) is 8.54. The Morgan fingerprint density at radius 2 is 1.85 bits per heavy atom. The summed E-state index contributed by atoms with van der Waals surface area (Å²) in [5.74, 6) is -1.91. The number of aliphatic carboxylic acids is 1. The molecular formula is C33H44N4O9. The van der Waals surface area contributed by atoms with Crippen molar-refractivity contribution in [1.82, 2.24) is 15.5 Å². The molecule has 46 heavy (non-hydrogen) atoms. The number of hydrogen-bond acceptors (Lipinski definition) is 11. The number of carboxylic acids is 1. The van der Waals surface area contributed by atoms with Gasteiger partial charge in [-0.2, -0.15) is 0 Å². The predicted molar refractivity (Wildman–Crippen MR) is 172 cm³/mol. The highest BCUT2D eigenvalue weighted by atomic mass is 16.6. The second-order valence-electron chi connectivity index (χ2n) is 11.7. The molecule has 0 aliphatic carbocycles. The highest BCUT2D eigenvalue weighted by Crippen LogP contribution is 2.40. The monoisotopic (exact) mass is 640 g/mol. The second kappa shape index (κ2) is 16.2. The molecule has 0 radical (unpaired) electrons. The number of likely N-dealkylation sites (N-methyl/N-ethyl adjacent to an activating group) is 1. The number of methoxy groups -OCH3 is 1. The molecule has 13 nitrogen and oxygen atoms in total. The molecule has 2 atom stereocenters. The van der Waals surface area contributed by atoms with E-state index in [1.54, 1.807) is 39.2 Å². The van der Waals surface area contributed by atoms with Crippen molar-refractivity contribution in [1.29, 1.82) is 0 Å². The Balaban J connectivity index is 1.74. The highest BCUT2D eigenvalue weighted by Gasteiger charge is 2.39. The number of aliphatic hydroxyl groups excluding tert-OH is 1. The van der Waals surface area contributed by atoms with Crippen LogP contribution in [0.5, 0.6) is 11.5 Å². The van der Waals surface area contributed by atoms with Crippen molar-refractivity contribution in [3.05, 3.63) is 86.7 Å². The van der Waals surface area contributed by atoms with Gasteiger partial charge >= 0.3 is 11.9 Å². The summed E-state index contributed by atoms with van der Waals surface area (Å²) in [5, 5.41) is 38.7. The van der Waals surface area contributed by atoms with Gasteiger partial charge in [0.1, 0.15) is 12.7 Å². The van der Waals surface area contributed by atoms with Gasteiger partial charge < -0.3 is 40.0 Å². The van der Waals surface area contributed by atoms with Crippen LogP contribution in [0.15, 0.2) is 71.1 Å². The SMILES string of the molecule is CCOC(=O)C1=C(CN(C)CCC(C)(C)NCC(O)COc2ccccc2OC)NC(C)=C(C(=O)O)C1c1cccc([N+](=O)[O-])c1. The molecule has 0 aromatic heterocycles. The summed E-state index contributed by atoms with van der Waals surface area (Å²) in [7, 11) is 3.43. The summed E-state index contributed by atoms with van der Waals surface area (Å²) in [5.41, 5.74) is 0.485. The Morgan fingerprint density at radius 3 is 2.48 bits per heavy atom. The first-order valence-corrected chi connectivity index (χ1v) is 15.0. The molecular weight excluding hydrogens is 596 g/mol. The molecule has 1 heterocycles. The van der Waals surface area contributed by atoms with E-state index in [2.05, 4.69) is 10.6 Å². The summed E-state index contributed by atoms with van der Waals surface area (Å²) >= 11 is 0. The first-order chi connectivity index (χ1) is 21.8. The van der Waals surface area contributed by atoms with E-state index in [4.69, 9.17) is 14.2 Å². The molecule has 2 aromatic rings. The van der Waals surface area contributed by atoms with Crippen LogP contribution in [0.2, 0.25) is 0 Å². The number of aliphatic hydroxyl groups is 1. The maximum Gasteiger partial charge on any atom is 0.336 e. The van der Waals surface area contributed by atoms with Gasteiger partial charge in [-0.05, 0) is 65.4 Å². The third-order valence-electron chi connectivity index (χ3n) is 7.65. The van der Waals surface area contributed by atoms with Crippen molar-refractivity contribution >= 4 is 17.6 Å². The molecule has 0 saturated heterocycles. The van der Waals surface area contributed by atoms with E-state index in [0.29, 0.717) is 48.0 Å². The number of non-ortho nitro benzene ring substituents is 1. The standard InChI is InChI=1S/C33H44N4O9/c1-7-45-32(41)30-25(35-21(2)28(31(39)40)29(30)22-11-10-12-23(17-22)37(42)43)19-36(5)16-15-33(3,4)34-18-24(38)20-46-27-14-9-8-13-26(27)44-6/h8-14,17,24,29,34-35,38H,7,15-16,18-20H2,1-6H3,(H,39,40). The van der Waals surface area contributed by atoms with E-state index >= 15 is 0 Å². The lowest BCUT2D eigenvalue weighted by Gasteiger charge is -2.33. The van der Waals surface area contributed by atoms with Gasteiger partial charge in [0.2, 0.25) is 0 Å². The number of nitrogens with zero attached hydrogens (tertiary/aromatic N) is 2. The lowest BCUT2D eigenvalue weighted by atomic mass is 9.80. The third-order valence-corrected chi connectivity index (χ3v) is 7.65. The van der Waals surface area contributed by atoms with Crippen LogP contribution in [0.25, 0.3) is 0 Å². The first-order valence-electron chi connectivity index (χ1n) is 15.0. The van der Waals surface area contributed by atoms with Gasteiger partial charge in [-0.3, -0.25) is 10.1 Å². The fourth-order valence-corrected chi connectivity index (χ4v) is 5.19. The zero-order valence-electron chi connectivity index (χ0n) is 27.2. The van der Waals surface area contributed by atoms with E-state index in [-0.39, 0.29) is 42.1 Å². The van der Waals surface area contributed by atoms with Crippen LogP contribution >= 0.6 is 0 Å². The summed E-state index contributed by atoms with van der Waals surface area (Å²) < 4.78 is 16.4. The van der Waals surface area contributed by atoms with E-state index in [0.717, 1.165) is 0 Å². The van der Waals surface area contributed by atoms with Gasteiger partial charge in [0, 0.05) is 42.2 Å². The summed E-state index contributed by atoms with van der Waals surface area (Å²) in [4.78, 5) is 38.7. The van der Waals surface area contributed by atoms with Gasteiger partial charge in [-0.25, -0.2) is 9.59 Å². The number of dihydropyridines is 1. The predicted octanol–water partition coefficient (Wildman–Crippen LogP) is 3.60. The molecule has 0 bridgehead atoms. The largest absolute Gasteiger partial charge is 0.493 e. The number of nitro groups is 1. The minimum Gasteiger partial charge on any atom is -0.493 e. The van der Waals surface area contributed by atoms with Crippen LogP contribution in [0.4, 0.5) is 5.69 Å². The number of β-amino-alcohol motifs (C(OH)–C–C–N with tert-alkyl or cyclic N) is 1. The number of nitrogens with one attached hydrogen (secondary N) is 2. The van der Waals surface area contributed by atoms with Gasteiger partial charge in [-0.1, -0.05) is 24.3 Å². The fourth-order valence-electron chi connectivity index (χ4n) is 5.19. The minimum atomic E-state index is -1.25. The average Bonchev–Trinajstić information content (AvgIpc) is 3.01. The number of para-hydroxylation sites is 2. The van der Waals surface area contributed by atoms with E-state index in [9.17, 15) is 29.9 Å². The minimum absolute atomic E-state index is 0.0633. The van der Waals surface area contributed by atoms with Crippen LogP contribution in [0.1, 0.15) is 45.6 Å². The molecule has 2 unspecified atom stereocenters. The molecule has 4 N–H and O–H groups in total. The third kappa shape index (κ3) is 9.52. The van der Waals surface area contributed by atoms with Crippen molar-refractivity contribution in [2.75, 3.05) is 47.0 Å². The maximum atomic E-state index is 13.4. The van der Waals surface area contributed by atoms with Crippen molar-refractivity contribution in [3.63, 3.8) is 0 Å². The Bertz CT molecular complexity index is 1470. The van der Waals surface area contributed by atoms with Crippen molar-refractivity contribution in [2.45, 2.75) is 51.7 Å². The number of carbonyl (C=O) groups is 2. The van der Waals surface area contributed by atoms with Crippen molar-refractivity contribution in [3.8, 4) is 11.5 Å². The zero-order valence-corrected chi connectivity index (χ0v) is 27.2. The van der Waals surface area contributed by atoms with E-state index in [1.807, 2.05) is 37.9 Å². The summed E-state index contributed by atoms with van der Waals surface area (Å²) in [6, 6.07) is 12.9. The molecule has 0 amide bonds. The highest BCUT2D eigenvalue weighted by molar-refractivity contribution is 5.99. The zero-order chi connectivity index (χ0) is 34.0. The smallest absolute Gasteiger partial charge is 0.336 e. The van der Waals surface area contributed by atoms with Crippen LogP contribution < -0.4 is 20.1 Å². The first kappa shape index (κ1) is 36.0.